The maximum atomic E-state index is 11.2. The number of nitrogens with one attached hydrogen (secondary N) is 2. The average Bonchev–Trinajstić information content (AvgIpc) is 2.67. The number of carbonyl (C=O) groups excluding carboxylic acids is 1. The van der Waals surface area contributed by atoms with Gasteiger partial charge in [-0.1, -0.05) is 5.92 Å². The number of halogens is 1. The topological polar surface area (TPSA) is 41.1 Å². The second-order valence-corrected chi connectivity index (χ2v) is 5.66. The van der Waals surface area contributed by atoms with Gasteiger partial charge in [0.2, 0.25) is 5.91 Å². The monoisotopic (exact) mass is 300 g/mol. The summed E-state index contributed by atoms with van der Waals surface area (Å²) in [4.78, 5) is 12.4. The van der Waals surface area contributed by atoms with Crippen LogP contribution in [0.1, 0.15) is 11.3 Å². The second kappa shape index (κ2) is 7.44. The van der Waals surface area contributed by atoms with E-state index in [1.165, 1.54) is 4.88 Å². The lowest BCUT2D eigenvalue weighted by atomic mass is 10.4. The van der Waals surface area contributed by atoms with Crippen LogP contribution in [0.2, 0.25) is 0 Å². The smallest absolute Gasteiger partial charge is 0.222 e. The zero-order valence-electron chi connectivity index (χ0n) is 8.75. The first-order valence-electron chi connectivity index (χ1n) is 4.87. The average molecular weight is 301 g/mol. The molecule has 0 radical (unpaired) electrons. The molecule has 1 aromatic heterocycles. The van der Waals surface area contributed by atoms with Crippen LogP contribution < -0.4 is 10.6 Å². The number of terminal acetylenes is 1. The number of thiophene rings is 1. The molecule has 0 unspecified atom stereocenters. The number of carbonyl (C=O) groups is 1. The van der Waals surface area contributed by atoms with Gasteiger partial charge in [-0.2, -0.15) is 0 Å². The molecule has 1 heterocycles. The highest BCUT2D eigenvalue weighted by atomic mass is 79.9. The maximum Gasteiger partial charge on any atom is 0.222 e. The van der Waals surface area contributed by atoms with Crippen molar-refractivity contribution in [1.82, 2.24) is 10.6 Å². The fraction of sp³-hybridized carbons (Fsp3) is 0.364. The molecule has 1 aromatic rings. The Bertz CT molecular complexity index is 384. The van der Waals surface area contributed by atoms with E-state index in [4.69, 9.17) is 6.42 Å². The van der Waals surface area contributed by atoms with Crippen LogP contribution in [0.3, 0.4) is 0 Å². The molecule has 0 aliphatic heterocycles. The van der Waals surface area contributed by atoms with Crippen LogP contribution in [0.15, 0.2) is 15.9 Å². The van der Waals surface area contributed by atoms with Crippen molar-refractivity contribution in [3.05, 3.63) is 20.8 Å². The Kier molecular flexibility index (Phi) is 6.16. The summed E-state index contributed by atoms with van der Waals surface area (Å²) in [6, 6.07) is 4.07. The molecule has 3 nitrogen and oxygen atoms in total. The van der Waals surface area contributed by atoms with Crippen LogP contribution in [0.4, 0.5) is 0 Å². The molecule has 0 bridgehead atoms. The summed E-state index contributed by atoms with van der Waals surface area (Å²) in [6.45, 7) is 1.75. The quantitative estimate of drug-likeness (QED) is 0.621. The number of hydrogen-bond acceptors (Lipinski definition) is 3. The van der Waals surface area contributed by atoms with Crippen LogP contribution in [0.25, 0.3) is 0 Å². The largest absolute Gasteiger partial charge is 0.345 e. The van der Waals surface area contributed by atoms with E-state index in [0.29, 0.717) is 19.5 Å². The van der Waals surface area contributed by atoms with Crippen LogP contribution in [0, 0.1) is 12.3 Å². The van der Waals surface area contributed by atoms with E-state index < -0.39 is 0 Å². The molecule has 1 rings (SSSR count). The SMILES string of the molecule is C#CCNC(=O)CCNCc1ccc(Br)s1. The van der Waals surface area contributed by atoms with Crippen molar-refractivity contribution in [3.8, 4) is 12.3 Å². The van der Waals surface area contributed by atoms with E-state index in [1.807, 2.05) is 6.07 Å². The second-order valence-electron chi connectivity index (χ2n) is 3.11. The van der Waals surface area contributed by atoms with E-state index >= 15 is 0 Å². The van der Waals surface area contributed by atoms with Crippen LogP contribution >= 0.6 is 27.3 Å². The Balaban J connectivity index is 2.08. The van der Waals surface area contributed by atoms with Crippen molar-refractivity contribution in [3.63, 3.8) is 0 Å². The highest BCUT2D eigenvalue weighted by Gasteiger charge is 2.00. The number of hydrogen-bond donors (Lipinski definition) is 2. The van der Waals surface area contributed by atoms with Gasteiger partial charge in [-0.15, -0.1) is 17.8 Å². The normalized spacial score (nSPS) is 9.75. The lowest BCUT2D eigenvalue weighted by Crippen LogP contribution is -2.27. The number of rotatable bonds is 6. The van der Waals surface area contributed by atoms with E-state index in [2.05, 4.69) is 38.6 Å². The molecular formula is C11H13BrN2OS. The van der Waals surface area contributed by atoms with Crippen molar-refractivity contribution in [2.45, 2.75) is 13.0 Å². The van der Waals surface area contributed by atoms with Crippen molar-refractivity contribution >= 4 is 33.2 Å². The summed E-state index contributed by atoms with van der Waals surface area (Å²) in [5.74, 6) is 2.35. The summed E-state index contributed by atoms with van der Waals surface area (Å²) in [5, 5.41) is 5.81. The van der Waals surface area contributed by atoms with Gasteiger partial charge in [0.15, 0.2) is 0 Å². The summed E-state index contributed by atoms with van der Waals surface area (Å²) in [6.07, 6.45) is 5.48. The molecule has 0 aliphatic rings. The van der Waals surface area contributed by atoms with Crippen molar-refractivity contribution in [2.24, 2.45) is 0 Å². The Morgan fingerprint density at radius 2 is 2.38 bits per heavy atom. The van der Waals surface area contributed by atoms with E-state index in [9.17, 15) is 4.79 Å². The molecule has 16 heavy (non-hydrogen) atoms. The van der Waals surface area contributed by atoms with Crippen molar-refractivity contribution in [1.29, 1.82) is 0 Å². The van der Waals surface area contributed by atoms with Gasteiger partial charge in [-0.25, -0.2) is 0 Å². The predicted octanol–water partition coefficient (Wildman–Crippen LogP) is 1.74. The zero-order valence-corrected chi connectivity index (χ0v) is 11.2. The summed E-state index contributed by atoms with van der Waals surface area (Å²) in [5.41, 5.74) is 0. The first-order valence-corrected chi connectivity index (χ1v) is 6.48. The summed E-state index contributed by atoms with van der Waals surface area (Å²) in [7, 11) is 0. The van der Waals surface area contributed by atoms with E-state index in [1.54, 1.807) is 11.3 Å². The molecule has 2 N–H and O–H groups in total. The summed E-state index contributed by atoms with van der Waals surface area (Å²) >= 11 is 5.09. The third kappa shape index (κ3) is 5.31. The van der Waals surface area contributed by atoms with E-state index in [0.717, 1.165) is 10.3 Å². The minimum atomic E-state index is -0.0159. The van der Waals surface area contributed by atoms with Crippen molar-refractivity contribution in [2.75, 3.05) is 13.1 Å². The fourth-order valence-corrected chi connectivity index (χ4v) is 2.55. The first-order chi connectivity index (χ1) is 7.72. The molecule has 0 saturated heterocycles. The fourth-order valence-electron chi connectivity index (χ4n) is 1.10. The lowest BCUT2D eigenvalue weighted by Gasteiger charge is -2.03. The molecule has 0 spiro atoms. The van der Waals surface area contributed by atoms with Crippen LogP contribution in [0.5, 0.6) is 0 Å². The van der Waals surface area contributed by atoms with E-state index in [-0.39, 0.29) is 5.91 Å². The minimum absolute atomic E-state index is 0.0159. The number of amides is 1. The molecule has 0 atom stereocenters. The Labute approximate surface area is 108 Å². The highest BCUT2D eigenvalue weighted by molar-refractivity contribution is 9.11. The molecule has 0 aliphatic carbocycles. The molecule has 86 valence electrons. The van der Waals surface area contributed by atoms with Gasteiger partial charge in [0.1, 0.15) is 0 Å². The highest BCUT2D eigenvalue weighted by Crippen LogP contribution is 2.21. The molecular weight excluding hydrogens is 288 g/mol. The predicted molar refractivity (Wildman–Crippen MR) is 70.2 cm³/mol. The van der Waals surface area contributed by atoms with Crippen molar-refractivity contribution < 1.29 is 4.79 Å². The lowest BCUT2D eigenvalue weighted by molar-refractivity contribution is -0.120. The van der Waals surface area contributed by atoms with Gasteiger partial charge >= 0.3 is 0 Å². The minimum Gasteiger partial charge on any atom is -0.345 e. The Morgan fingerprint density at radius 3 is 3.00 bits per heavy atom. The van der Waals surface area contributed by atoms with Crippen LogP contribution in [-0.4, -0.2) is 19.0 Å². The van der Waals surface area contributed by atoms with Gasteiger partial charge in [-0.05, 0) is 28.1 Å². The first kappa shape index (κ1) is 13.2. The zero-order chi connectivity index (χ0) is 11.8. The van der Waals surface area contributed by atoms with Gasteiger partial charge in [-0.3, -0.25) is 4.79 Å². The Hall–Kier alpha value is -0.830. The van der Waals surface area contributed by atoms with Gasteiger partial charge < -0.3 is 10.6 Å². The molecule has 0 aromatic carbocycles. The summed E-state index contributed by atoms with van der Waals surface area (Å²) < 4.78 is 1.12. The standard InChI is InChI=1S/C11H13BrN2OS/c1-2-6-14-11(15)5-7-13-8-9-3-4-10(12)16-9/h1,3-4,13H,5-8H2,(H,14,15). The molecule has 1 amide bonds. The Morgan fingerprint density at radius 1 is 1.56 bits per heavy atom. The molecule has 5 heteroatoms. The maximum absolute atomic E-state index is 11.2. The molecule has 0 fully saturated rings. The van der Waals surface area contributed by atoms with Gasteiger partial charge in [0, 0.05) is 24.4 Å². The van der Waals surface area contributed by atoms with Gasteiger partial charge in [0.05, 0.1) is 10.3 Å². The third-order valence-corrected chi connectivity index (χ3v) is 3.47. The van der Waals surface area contributed by atoms with Gasteiger partial charge in [0.25, 0.3) is 0 Å². The molecule has 0 saturated carbocycles. The third-order valence-electron chi connectivity index (χ3n) is 1.84. The van der Waals surface area contributed by atoms with Crippen LogP contribution in [-0.2, 0) is 11.3 Å².